The number of hydrogen-bond donors (Lipinski definition) is 1. The van der Waals surface area contributed by atoms with Crippen LogP contribution in [-0.4, -0.2) is 40.5 Å². The molecule has 1 N–H and O–H groups in total. The molecular weight excluding hydrogens is 442 g/mol. The lowest BCUT2D eigenvalue weighted by Gasteiger charge is -2.10. The minimum Gasteiger partial charge on any atom is -0.492 e. The molecule has 9 nitrogen and oxygen atoms in total. The van der Waals surface area contributed by atoms with Crippen molar-refractivity contribution in [2.24, 2.45) is 0 Å². The van der Waals surface area contributed by atoms with Gasteiger partial charge >= 0.3 is 0 Å². The van der Waals surface area contributed by atoms with E-state index in [0.29, 0.717) is 28.9 Å². The van der Waals surface area contributed by atoms with Gasteiger partial charge in [-0.3, -0.25) is 4.72 Å². The molecule has 0 saturated carbocycles. The van der Waals surface area contributed by atoms with E-state index in [4.69, 9.17) is 9.47 Å². The summed E-state index contributed by atoms with van der Waals surface area (Å²) >= 11 is 0. The van der Waals surface area contributed by atoms with Crippen LogP contribution in [0.25, 0.3) is 5.82 Å². The summed E-state index contributed by atoms with van der Waals surface area (Å²) in [5, 5.41) is 4.41. The van der Waals surface area contributed by atoms with Crippen molar-refractivity contribution < 1.29 is 17.9 Å². The van der Waals surface area contributed by atoms with E-state index in [1.165, 1.54) is 6.33 Å². The molecule has 4 rings (SSSR count). The monoisotopic (exact) mass is 465 g/mol. The number of nitrogens with one attached hydrogen (secondary N) is 1. The quantitative estimate of drug-likeness (QED) is 0.399. The van der Waals surface area contributed by atoms with Crippen molar-refractivity contribution in [2.45, 2.75) is 13.8 Å². The molecule has 2 aromatic heterocycles. The maximum Gasteiger partial charge on any atom is 0.236 e. The molecule has 0 aliphatic heterocycles. The molecule has 0 aliphatic rings. The summed E-state index contributed by atoms with van der Waals surface area (Å²) in [5.41, 5.74) is 2.26. The lowest BCUT2D eigenvalue weighted by molar-refractivity contribution is 0.341. The molecule has 0 saturated heterocycles. The van der Waals surface area contributed by atoms with E-state index < -0.39 is 10.0 Å². The summed E-state index contributed by atoms with van der Waals surface area (Å²) in [6, 6.07) is 19.3. The third-order valence-electron chi connectivity index (χ3n) is 4.57. The lowest BCUT2D eigenvalue weighted by Crippen LogP contribution is -2.21. The van der Waals surface area contributed by atoms with Gasteiger partial charge in [-0.15, -0.1) is 0 Å². The van der Waals surface area contributed by atoms with Crippen molar-refractivity contribution in [3.8, 4) is 23.2 Å². The van der Waals surface area contributed by atoms with Gasteiger partial charge < -0.3 is 9.47 Å². The van der Waals surface area contributed by atoms with Gasteiger partial charge in [0.1, 0.15) is 30.2 Å². The standard InChI is InChI=1S/C23H23N5O4S/c1-17-14-18(2)28(26-17)22-15-23(25-16-24-22)32-21-10-8-19(9-11-21)27-33(29,30)13-12-31-20-6-4-3-5-7-20/h3-11,14-16,27H,12-13H2,1-2H3. The van der Waals surface area contributed by atoms with Crippen LogP contribution in [0.4, 0.5) is 5.69 Å². The average Bonchev–Trinajstić information content (AvgIpc) is 3.14. The van der Waals surface area contributed by atoms with Crippen LogP contribution in [0.1, 0.15) is 11.4 Å². The first-order valence-electron chi connectivity index (χ1n) is 10.2. The second kappa shape index (κ2) is 9.70. The number of aryl methyl sites for hydroxylation is 2. The maximum atomic E-state index is 12.3. The largest absolute Gasteiger partial charge is 0.492 e. The van der Waals surface area contributed by atoms with Gasteiger partial charge in [-0.1, -0.05) is 18.2 Å². The maximum absolute atomic E-state index is 12.3. The number of sulfonamides is 1. The van der Waals surface area contributed by atoms with E-state index >= 15 is 0 Å². The van der Waals surface area contributed by atoms with E-state index in [2.05, 4.69) is 19.8 Å². The molecule has 0 unspecified atom stereocenters. The predicted molar refractivity (Wildman–Crippen MR) is 124 cm³/mol. The molecule has 10 heteroatoms. The molecule has 0 atom stereocenters. The van der Waals surface area contributed by atoms with Crippen LogP contribution in [0, 0.1) is 13.8 Å². The highest BCUT2D eigenvalue weighted by molar-refractivity contribution is 7.92. The van der Waals surface area contributed by atoms with Gasteiger partial charge in [-0.25, -0.2) is 23.1 Å². The Morgan fingerprint density at radius 1 is 0.939 bits per heavy atom. The van der Waals surface area contributed by atoms with Crippen LogP contribution in [0.2, 0.25) is 0 Å². The van der Waals surface area contributed by atoms with Crippen molar-refractivity contribution >= 4 is 15.7 Å². The van der Waals surface area contributed by atoms with Crippen LogP contribution in [-0.2, 0) is 10.0 Å². The Labute approximate surface area is 192 Å². The summed E-state index contributed by atoms with van der Waals surface area (Å²) in [7, 11) is -3.56. The summed E-state index contributed by atoms with van der Waals surface area (Å²) < 4.78 is 40.1. The van der Waals surface area contributed by atoms with Crippen molar-refractivity contribution in [2.75, 3.05) is 17.1 Å². The molecule has 0 amide bonds. The van der Waals surface area contributed by atoms with Crippen LogP contribution < -0.4 is 14.2 Å². The van der Waals surface area contributed by atoms with Gasteiger partial charge in [0.05, 0.1) is 5.69 Å². The van der Waals surface area contributed by atoms with Crippen molar-refractivity contribution in [3.63, 3.8) is 0 Å². The first-order chi connectivity index (χ1) is 15.9. The first kappa shape index (κ1) is 22.3. The Hall–Kier alpha value is -3.92. The summed E-state index contributed by atoms with van der Waals surface area (Å²) in [5.74, 6) is 1.89. The molecular formula is C23H23N5O4S. The zero-order valence-corrected chi connectivity index (χ0v) is 19.0. The predicted octanol–water partition coefficient (Wildman–Crippen LogP) is 3.89. The van der Waals surface area contributed by atoms with E-state index in [-0.39, 0.29) is 12.4 Å². The Kier molecular flexibility index (Phi) is 6.55. The van der Waals surface area contributed by atoms with Gasteiger partial charge in [-0.2, -0.15) is 5.10 Å². The minimum atomic E-state index is -3.56. The number of ether oxygens (including phenoxy) is 2. The third-order valence-corrected chi connectivity index (χ3v) is 5.82. The van der Waals surface area contributed by atoms with Gasteiger partial charge in [0, 0.05) is 17.4 Å². The summed E-state index contributed by atoms with van der Waals surface area (Å²) in [6.45, 7) is 3.90. The average molecular weight is 466 g/mol. The molecule has 0 aliphatic carbocycles. The highest BCUT2D eigenvalue weighted by Crippen LogP contribution is 2.23. The third kappa shape index (κ3) is 6.07. The molecule has 2 aromatic carbocycles. The minimum absolute atomic E-state index is 0.0475. The van der Waals surface area contributed by atoms with Gasteiger partial charge in [0.15, 0.2) is 5.82 Å². The molecule has 0 spiro atoms. The van der Waals surface area contributed by atoms with Gasteiger partial charge in [0.25, 0.3) is 0 Å². The Morgan fingerprint density at radius 2 is 1.70 bits per heavy atom. The highest BCUT2D eigenvalue weighted by atomic mass is 32.2. The fourth-order valence-electron chi connectivity index (χ4n) is 3.09. The molecule has 2 heterocycles. The Bertz CT molecular complexity index is 1320. The second-order valence-corrected chi connectivity index (χ2v) is 9.10. The van der Waals surface area contributed by atoms with Gasteiger partial charge in [0.2, 0.25) is 15.9 Å². The number of hydrogen-bond acceptors (Lipinski definition) is 7. The molecule has 0 bridgehead atoms. The zero-order chi connectivity index (χ0) is 23.3. The number of benzene rings is 2. The van der Waals surface area contributed by atoms with Crippen LogP contribution in [0.3, 0.4) is 0 Å². The normalized spacial score (nSPS) is 11.2. The topological polar surface area (TPSA) is 108 Å². The number of nitrogens with zero attached hydrogens (tertiary/aromatic N) is 4. The molecule has 0 fully saturated rings. The van der Waals surface area contributed by atoms with E-state index in [0.717, 1.165) is 11.4 Å². The first-order valence-corrected chi connectivity index (χ1v) is 11.9. The van der Waals surface area contributed by atoms with Crippen LogP contribution >= 0.6 is 0 Å². The van der Waals surface area contributed by atoms with Crippen LogP contribution in [0.5, 0.6) is 17.4 Å². The number of para-hydroxylation sites is 1. The van der Waals surface area contributed by atoms with E-state index in [1.807, 2.05) is 38.1 Å². The van der Waals surface area contributed by atoms with E-state index in [9.17, 15) is 8.42 Å². The molecule has 33 heavy (non-hydrogen) atoms. The molecule has 4 aromatic rings. The number of anilines is 1. The lowest BCUT2D eigenvalue weighted by atomic mass is 10.3. The summed E-state index contributed by atoms with van der Waals surface area (Å²) in [4.78, 5) is 8.38. The smallest absolute Gasteiger partial charge is 0.236 e. The number of rotatable bonds is 9. The van der Waals surface area contributed by atoms with Crippen LogP contribution in [0.15, 0.2) is 73.1 Å². The molecule has 0 radical (unpaired) electrons. The fraction of sp³-hybridized carbons (Fsp3) is 0.174. The summed E-state index contributed by atoms with van der Waals surface area (Å²) in [6.07, 6.45) is 1.40. The zero-order valence-electron chi connectivity index (χ0n) is 18.2. The van der Waals surface area contributed by atoms with Crippen molar-refractivity contribution in [1.82, 2.24) is 19.7 Å². The van der Waals surface area contributed by atoms with E-state index in [1.54, 1.807) is 47.1 Å². The van der Waals surface area contributed by atoms with Crippen molar-refractivity contribution in [1.29, 1.82) is 0 Å². The fourth-order valence-corrected chi connectivity index (χ4v) is 3.99. The van der Waals surface area contributed by atoms with Crippen molar-refractivity contribution in [3.05, 3.63) is 84.4 Å². The second-order valence-electron chi connectivity index (χ2n) is 7.26. The SMILES string of the molecule is Cc1cc(C)n(-c2cc(Oc3ccc(NS(=O)(=O)CCOc4ccccc4)cc3)ncn2)n1. The number of aromatic nitrogens is 4. The highest BCUT2D eigenvalue weighted by Gasteiger charge is 2.12. The Balaban J connectivity index is 1.35. The Morgan fingerprint density at radius 3 is 2.39 bits per heavy atom. The molecule has 170 valence electrons. The van der Waals surface area contributed by atoms with Gasteiger partial charge in [-0.05, 0) is 56.3 Å².